The van der Waals surface area contributed by atoms with Crippen LogP contribution in [-0.4, -0.2) is 27.2 Å². The molecule has 7 nitrogen and oxygen atoms in total. The van der Waals surface area contributed by atoms with E-state index in [2.05, 4.69) is 10.2 Å². The number of aromatic nitrogens is 3. The molecule has 0 spiro atoms. The monoisotopic (exact) mass is 302 g/mol. The Bertz CT molecular complexity index is 753. The van der Waals surface area contributed by atoms with Crippen LogP contribution in [0.15, 0.2) is 33.9 Å². The summed E-state index contributed by atoms with van der Waals surface area (Å²) in [5, 5.41) is 4.36. The van der Waals surface area contributed by atoms with Crippen LogP contribution < -0.4 is 16.3 Å². The molecular weight excluding hydrogens is 284 g/mol. The molecule has 2 N–H and O–H groups in total. The van der Waals surface area contributed by atoms with Crippen LogP contribution in [0.1, 0.15) is 18.4 Å². The van der Waals surface area contributed by atoms with Gasteiger partial charge >= 0.3 is 11.4 Å². The molecule has 1 saturated carbocycles. The van der Waals surface area contributed by atoms with Crippen molar-refractivity contribution < 1.29 is 4.79 Å². The van der Waals surface area contributed by atoms with Crippen molar-refractivity contribution in [1.82, 2.24) is 14.8 Å². The molecule has 2 aromatic rings. The third kappa shape index (κ3) is 3.03. The second kappa shape index (κ2) is 5.67. The molecule has 1 fully saturated rings. The lowest BCUT2D eigenvalue weighted by molar-refractivity contribution is -0.119. The Morgan fingerprint density at radius 3 is 2.32 bits per heavy atom. The Morgan fingerprint density at radius 2 is 1.77 bits per heavy atom. The molecule has 0 saturated heterocycles. The first kappa shape index (κ1) is 14.4. The quantitative estimate of drug-likeness (QED) is 0.848. The molecule has 0 unspecified atom stereocenters. The van der Waals surface area contributed by atoms with E-state index in [1.165, 1.54) is 0 Å². The summed E-state index contributed by atoms with van der Waals surface area (Å²) >= 11 is 0. The smallest absolute Gasteiger partial charge is 0.311 e. The highest BCUT2D eigenvalue weighted by Gasteiger charge is 2.28. The van der Waals surface area contributed by atoms with E-state index in [1.807, 2.05) is 31.2 Å². The van der Waals surface area contributed by atoms with Gasteiger partial charge in [0.2, 0.25) is 5.91 Å². The van der Waals surface area contributed by atoms with Crippen LogP contribution in [0.2, 0.25) is 0 Å². The maximum Gasteiger partial charge on any atom is 0.344 e. The molecule has 1 heterocycles. The van der Waals surface area contributed by atoms with Crippen molar-refractivity contribution in [3.8, 4) is 0 Å². The van der Waals surface area contributed by atoms with E-state index >= 15 is 0 Å². The van der Waals surface area contributed by atoms with E-state index < -0.39 is 11.4 Å². The standard InChI is InChI=1S/C15H18N4O3/c1-10-2-6-12(7-3-10)18(8-11-4-5-11)13(20)9-19-14(21)16-17-15(19)22/h2-3,6-7,11H,4-5,8-9H2,1H3,(H,16,21)(H,17,22). The second-order valence-electron chi connectivity index (χ2n) is 5.73. The van der Waals surface area contributed by atoms with Crippen molar-refractivity contribution in [2.45, 2.75) is 26.3 Å². The van der Waals surface area contributed by atoms with Gasteiger partial charge in [-0.25, -0.2) is 24.4 Å². The number of nitrogens with zero attached hydrogens (tertiary/aromatic N) is 2. The van der Waals surface area contributed by atoms with Crippen molar-refractivity contribution >= 4 is 11.6 Å². The zero-order chi connectivity index (χ0) is 15.7. The Hall–Kier alpha value is -2.57. The Kier molecular flexibility index (Phi) is 3.70. The second-order valence-corrected chi connectivity index (χ2v) is 5.73. The Morgan fingerprint density at radius 1 is 1.18 bits per heavy atom. The molecular formula is C15H18N4O3. The largest absolute Gasteiger partial charge is 0.344 e. The lowest BCUT2D eigenvalue weighted by atomic mass is 10.2. The van der Waals surface area contributed by atoms with Crippen LogP contribution in [0.25, 0.3) is 0 Å². The summed E-state index contributed by atoms with van der Waals surface area (Å²) in [6, 6.07) is 7.66. The number of amides is 1. The van der Waals surface area contributed by atoms with Gasteiger partial charge in [0.05, 0.1) is 0 Å². The molecule has 0 atom stereocenters. The summed E-state index contributed by atoms with van der Waals surface area (Å²) < 4.78 is 0.871. The predicted octanol–water partition coefficient (Wildman–Crippen LogP) is 0.616. The van der Waals surface area contributed by atoms with Gasteiger partial charge in [-0.1, -0.05) is 17.7 Å². The maximum atomic E-state index is 12.6. The van der Waals surface area contributed by atoms with Gasteiger partial charge in [0.25, 0.3) is 0 Å². The summed E-state index contributed by atoms with van der Waals surface area (Å²) in [6.07, 6.45) is 2.22. The number of carbonyl (C=O) groups excluding carboxylic acids is 1. The lowest BCUT2D eigenvalue weighted by Gasteiger charge is -2.23. The van der Waals surface area contributed by atoms with Gasteiger partial charge in [-0.15, -0.1) is 0 Å². The number of aromatic amines is 2. The number of hydrogen-bond acceptors (Lipinski definition) is 3. The molecule has 1 aromatic carbocycles. The van der Waals surface area contributed by atoms with Crippen LogP contribution in [-0.2, 0) is 11.3 Å². The SMILES string of the molecule is Cc1ccc(N(CC2CC2)C(=O)Cn2c(=O)[nH][nH]c2=O)cc1. The van der Waals surface area contributed by atoms with Crippen molar-refractivity contribution in [3.63, 3.8) is 0 Å². The third-order valence-electron chi connectivity index (χ3n) is 3.84. The van der Waals surface area contributed by atoms with E-state index in [0.717, 1.165) is 28.7 Å². The molecule has 1 amide bonds. The fourth-order valence-electron chi connectivity index (χ4n) is 2.33. The average molecular weight is 302 g/mol. The molecule has 1 aromatic heterocycles. The minimum absolute atomic E-state index is 0.261. The molecule has 0 radical (unpaired) electrons. The van der Waals surface area contributed by atoms with E-state index in [9.17, 15) is 14.4 Å². The fraction of sp³-hybridized carbons (Fsp3) is 0.400. The minimum atomic E-state index is -0.603. The Balaban J connectivity index is 1.85. The number of H-pyrrole nitrogens is 2. The van der Waals surface area contributed by atoms with Crippen molar-refractivity contribution in [2.75, 3.05) is 11.4 Å². The van der Waals surface area contributed by atoms with Crippen molar-refractivity contribution in [2.24, 2.45) is 5.92 Å². The highest BCUT2D eigenvalue weighted by molar-refractivity contribution is 5.93. The summed E-state index contributed by atoms with van der Waals surface area (Å²) in [5.74, 6) is 0.245. The highest BCUT2D eigenvalue weighted by Crippen LogP contribution is 2.31. The molecule has 3 rings (SSSR count). The van der Waals surface area contributed by atoms with Gasteiger partial charge in [-0.05, 0) is 37.8 Å². The normalized spacial score (nSPS) is 14.0. The summed E-state index contributed by atoms with van der Waals surface area (Å²) in [5.41, 5.74) is 0.700. The molecule has 7 heteroatoms. The first-order valence-corrected chi connectivity index (χ1v) is 7.29. The molecule has 116 valence electrons. The van der Waals surface area contributed by atoms with E-state index in [1.54, 1.807) is 4.90 Å². The molecule has 1 aliphatic carbocycles. The first-order chi connectivity index (χ1) is 10.5. The van der Waals surface area contributed by atoms with Crippen LogP contribution in [0.3, 0.4) is 0 Å². The van der Waals surface area contributed by atoms with Gasteiger partial charge in [0, 0.05) is 12.2 Å². The van der Waals surface area contributed by atoms with Crippen LogP contribution >= 0.6 is 0 Å². The fourth-order valence-corrected chi connectivity index (χ4v) is 2.33. The number of benzene rings is 1. The van der Waals surface area contributed by atoms with Crippen LogP contribution in [0, 0.1) is 12.8 Å². The van der Waals surface area contributed by atoms with Crippen LogP contribution in [0.5, 0.6) is 0 Å². The van der Waals surface area contributed by atoms with E-state index in [4.69, 9.17) is 0 Å². The van der Waals surface area contributed by atoms with Gasteiger partial charge < -0.3 is 4.90 Å². The zero-order valence-corrected chi connectivity index (χ0v) is 12.3. The van der Waals surface area contributed by atoms with Gasteiger partial charge in [-0.2, -0.15) is 0 Å². The van der Waals surface area contributed by atoms with Crippen molar-refractivity contribution in [1.29, 1.82) is 0 Å². The van der Waals surface area contributed by atoms with Gasteiger partial charge in [0.1, 0.15) is 6.54 Å². The topological polar surface area (TPSA) is 91.0 Å². The minimum Gasteiger partial charge on any atom is -0.311 e. The summed E-state index contributed by atoms with van der Waals surface area (Å²) in [4.78, 5) is 37.3. The lowest BCUT2D eigenvalue weighted by Crippen LogP contribution is -2.40. The number of nitrogens with one attached hydrogen (secondary N) is 2. The zero-order valence-electron chi connectivity index (χ0n) is 12.3. The van der Waals surface area contributed by atoms with Gasteiger partial charge in [-0.3, -0.25) is 4.79 Å². The first-order valence-electron chi connectivity index (χ1n) is 7.29. The number of carbonyl (C=O) groups is 1. The predicted molar refractivity (Wildman–Crippen MR) is 81.9 cm³/mol. The summed E-state index contributed by atoms with van der Waals surface area (Å²) in [7, 11) is 0. The van der Waals surface area contributed by atoms with E-state index in [0.29, 0.717) is 12.5 Å². The number of anilines is 1. The van der Waals surface area contributed by atoms with Crippen LogP contribution in [0.4, 0.5) is 5.69 Å². The number of hydrogen-bond donors (Lipinski definition) is 2. The molecule has 0 aliphatic heterocycles. The Labute approximate surface area is 126 Å². The van der Waals surface area contributed by atoms with E-state index in [-0.39, 0.29) is 12.5 Å². The maximum absolute atomic E-state index is 12.6. The third-order valence-corrected chi connectivity index (χ3v) is 3.84. The summed E-state index contributed by atoms with van der Waals surface area (Å²) in [6.45, 7) is 2.34. The van der Waals surface area contributed by atoms with Gasteiger partial charge in [0.15, 0.2) is 0 Å². The van der Waals surface area contributed by atoms with Crippen molar-refractivity contribution in [3.05, 3.63) is 50.8 Å². The highest BCUT2D eigenvalue weighted by atomic mass is 16.2. The molecule has 1 aliphatic rings. The number of rotatable bonds is 5. The number of aryl methyl sites for hydroxylation is 1. The molecule has 22 heavy (non-hydrogen) atoms. The average Bonchev–Trinajstić information content (AvgIpc) is 3.27. The molecule has 0 bridgehead atoms.